The third-order valence-corrected chi connectivity index (χ3v) is 9.37. The Morgan fingerprint density at radius 2 is 1.39 bits per heavy atom. The van der Waals surface area contributed by atoms with E-state index in [-0.39, 0.29) is 40.5 Å². The molecule has 1 N–H and O–H groups in total. The summed E-state index contributed by atoms with van der Waals surface area (Å²) in [6.45, 7) is 1.82. The minimum Gasteiger partial charge on any atom is -0.326 e. The van der Waals surface area contributed by atoms with Crippen molar-refractivity contribution in [3.63, 3.8) is 0 Å². The van der Waals surface area contributed by atoms with E-state index in [2.05, 4.69) is 5.32 Å². The number of rotatable bonds is 7. The lowest BCUT2D eigenvalue weighted by atomic mass is 9.97. The van der Waals surface area contributed by atoms with Gasteiger partial charge in [0.2, 0.25) is 26.0 Å². The number of piperidine rings is 1. The lowest BCUT2D eigenvalue weighted by Crippen LogP contribution is -2.41. The summed E-state index contributed by atoms with van der Waals surface area (Å²) in [6, 6.07) is 11.7. The Morgan fingerprint density at radius 1 is 0.879 bits per heavy atom. The van der Waals surface area contributed by atoms with Crippen molar-refractivity contribution in [1.29, 1.82) is 0 Å². The highest BCUT2D eigenvalue weighted by Gasteiger charge is 2.32. The molecule has 11 heteroatoms. The Labute approximate surface area is 194 Å². The van der Waals surface area contributed by atoms with Gasteiger partial charge in [-0.3, -0.25) is 9.59 Å². The molecule has 0 atom stereocenters. The first-order valence-corrected chi connectivity index (χ1v) is 13.3. The van der Waals surface area contributed by atoms with Gasteiger partial charge in [0.1, 0.15) is 0 Å². The number of carbonyl (C=O) groups is 2. The smallest absolute Gasteiger partial charge is 0.243 e. The summed E-state index contributed by atoms with van der Waals surface area (Å²) >= 11 is 0. The topological polar surface area (TPSA) is 121 Å². The largest absolute Gasteiger partial charge is 0.326 e. The summed E-state index contributed by atoms with van der Waals surface area (Å²) < 4.78 is 52.5. The van der Waals surface area contributed by atoms with Gasteiger partial charge < -0.3 is 5.32 Å². The van der Waals surface area contributed by atoms with Crippen LogP contribution in [0.1, 0.15) is 30.1 Å². The zero-order chi connectivity index (χ0) is 24.4. The number of nitrogens with one attached hydrogen (secondary N) is 1. The van der Waals surface area contributed by atoms with E-state index in [9.17, 15) is 26.4 Å². The maximum Gasteiger partial charge on any atom is 0.243 e. The van der Waals surface area contributed by atoms with E-state index in [4.69, 9.17) is 0 Å². The maximum atomic E-state index is 12.9. The van der Waals surface area contributed by atoms with Gasteiger partial charge in [0.25, 0.3) is 0 Å². The number of hydrogen-bond acceptors (Lipinski definition) is 6. The highest BCUT2D eigenvalue weighted by Crippen LogP contribution is 2.25. The molecule has 1 aliphatic heterocycles. The van der Waals surface area contributed by atoms with Crippen LogP contribution in [0.2, 0.25) is 0 Å². The average Bonchev–Trinajstić information content (AvgIpc) is 2.79. The first kappa shape index (κ1) is 25.0. The van der Waals surface area contributed by atoms with E-state index in [1.165, 1.54) is 73.9 Å². The van der Waals surface area contributed by atoms with Gasteiger partial charge in [0.05, 0.1) is 9.79 Å². The second-order valence-electron chi connectivity index (χ2n) is 8.06. The van der Waals surface area contributed by atoms with Crippen molar-refractivity contribution in [2.75, 3.05) is 32.5 Å². The van der Waals surface area contributed by atoms with Crippen LogP contribution in [-0.4, -0.2) is 64.3 Å². The van der Waals surface area contributed by atoms with Crippen LogP contribution >= 0.6 is 0 Å². The first-order chi connectivity index (χ1) is 15.4. The number of Topliss-reactive ketones (excluding diaryl/α,β-unsaturated/α-hetero) is 1. The Kier molecular flexibility index (Phi) is 7.37. The number of hydrogen-bond donors (Lipinski definition) is 1. The van der Waals surface area contributed by atoms with Gasteiger partial charge in [0.15, 0.2) is 5.78 Å². The van der Waals surface area contributed by atoms with Crippen LogP contribution in [0.4, 0.5) is 5.69 Å². The van der Waals surface area contributed by atoms with E-state index in [0.29, 0.717) is 24.1 Å². The van der Waals surface area contributed by atoms with Crippen LogP contribution < -0.4 is 5.32 Å². The van der Waals surface area contributed by atoms with Crippen molar-refractivity contribution in [1.82, 2.24) is 8.61 Å². The summed E-state index contributed by atoms with van der Waals surface area (Å²) in [7, 11) is -4.37. The third-order valence-electron chi connectivity index (χ3n) is 5.62. The Balaban J connectivity index is 1.60. The van der Waals surface area contributed by atoms with Crippen LogP contribution in [0.25, 0.3) is 0 Å². The molecule has 1 amide bonds. The quantitative estimate of drug-likeness (QED) is 0.590. The number of sulfonamides is 2. The number of carbonyl (C=O) groups excluding carboxylic acids is 2. The number of ketones is 1. The van der Waals surface area contributed by atoms with Gasteiger partial charge in [-0.05, 0) is 56.2 Å². The van der Waals surface area contributed by atoms with Gasteiger partial charge in [0, 0.05) is 44.4 Å². The van der Waals surface area contributed by atoms with Crippen LogP contribution in [-0.2, 0) is 24.8 Å². The lowest BCUT2D eigenvalue weighted by Gasteiger charge is -2.30. The molecule has 0 radical (unpaired) electrons. The molecule has 0 aromatic heterocycles. The van der Waals surface area contributed by atoms with Crippen LogP contribution in [0.5, 0.6) is 0 Å². The Bertz CT molecular complexity index is 1230. The maximum absolute atomic E-state index is 12.9. The molecule has 33 heavy (non-hydrogen) atoms. The average molecular weight is 494 g/mol. The molecule has 0 spiro atoms. The number of amides is 1. The fourth-order valence-electron chi connectivity index (χ4n) is 3.53. The minimum absolute atomic E-state index is 0.114. The van der Waals surface area contributed by atoms with Gasteiger partial charge in [-0.1, -0.05) is 12.1 Å². The van der Waals surface area contributed by atoms with Crippen molar-refractivity contribution in [3.8, 4) is 0 Å². The number of nitrogens with zero attached hydrogens (tertiary/aromatic N) is 2. The fraction of sp³-hybridized carbons (Fsp3) is 0.364. The van der Waals surface area contributed by atoms with Crippen LogP contribution in [0.3, 0.4) is 0 Å². The number of anilines is 1. The van der Waals surface area contributed by atoms with Gasteiger partial charge >= 0.3 is 0 Å². The second-order valence-corrected chi connectivity index (χ2v) is 12.1. The molecule has 3 rings (SSSR count). The molecule has 1 aliphatic rings. The van der Waals surface area contributed by atoms with Crippen LogP contribution in [0.15, 0.2) is 58.3 Å². The molecule has 1 heterocycles. The Hall–Kier alpha value is -2.60. The van der Waals surface area contributed by atoms with Gasteiger partial charge in [-0.2, -0.15) is 4.31 Å². The van der Waals surface area contributed by atoms with E-state index < -0.39 is 20.0 Å². The molecule has 2 aromatic carbocycles. The van der Waals surface area contributed by atoms with Gasteiger partial charge in [-0.15, -0.1) is 0 Å². The summed E-state index contributed by atoms with van der Waals surface area (Å²) in [4.78, 5) is 24.3. The summed E-state index contributed by atoms with van der Waals surface area (Å²) in [6.07, 6.45) is 0.730. The van der Waals surface area contributed by atoms with Gasteiger partial charge in [-0.25, -0.2) is 21.1 Å². The highest BCUT2D eigenvalue weighted by atomic mass is 32.2. The second kappa shape index (κ2) is 9.72. The summed E-state index contributed by atoms with van der Waals surface area (Å²) in [5.41, 5.74) is 0.912. The summed E-state index contributed by atoms with van der Waals surface area (Å²) in [5.74, 6) is -0.734. The molecule has 1 saturated heterocycles. The molecule has 178 valence electrons. The van der Waals surface area contributed by atoms with E-state index in [1.807, 2.05) is 0 Å². The zero-order valence-corrected chi connectivity index (χ0v) is 20.3. The third kappa shape index (κ3) is 5.49. The van der Waals surface area contributed by atoms with Crippen molar-refractivity contribution in [2.24, 2.45) is 5.92 Å². The molecule has 2 aromatic rings. The van der Waals surface area contributed by atoms with Crippen molar-refractivity contribution >= 4 is 37.4 Å². The summed E-state index contributed by atoms with van der Waals surface area (Å²) in [5, 5.41) is 2.77. The van der Waals surface area contributed by atoms with Crippen molar-refractivity contribution < 1.29 is 26.4 Å². The molecule has 0 unspecified atom stereocenters. The molecule has 9 nitrogen and oxygen atoms in total. The highest BCUT2D eigenvalue weighted by molar-refractivity contribution is 7.89. The lowest BCUT2D eigenvalue weighted by molar-refractivity contribution is -0.120. The molecule has 0 bridgehead atoms. The van der Waals surface area contributed by atoms with E-state index in [0.717, 1.165) is 4.31 Å². The monoisotopic (exact) mass is 493 g/mol. The predicted molar refractivity (Wildman–Crippen MR) is 124 cm³/mol. The van der Waals surface area contributed by atoms with E-state index >= 15 is 0 Å². The van der Waals surface area contributed by atoms with E-state index in [1.54, 1.807) is 0 Å². The Morgan fingerprint density at radius 3 is 1.88 bits per heavy atom. The molecule has 0 saturated carbocycles. The first-order valence-electron chi connectivity index (χ1n) is 10.4. The minimum atomic E-state index is -3.71. The van der Waals surface area contributed by atoms with Crippen LogP contribution in [0, 0.1) is 5.92 Å². The molecular formula is C22H27N3O6S2. The normalized spacial score (nSPS) is 16.0. The van der Waals surface area contributed by atoms with Crippen molar-refractivity contribution in [3.05, 3.63) is 54.1 Å². The molecular weight excluding hydrogens is 466 g/mol. The standard InChI is InChI=1S/C22H27N3O6S2/c1-16(26)17-4-8-21(9-5-17)33(30,31)25-14-12-18(13-15-25)22(27)23-19-6-10-20(11-7-19)32(28,29)24(2)3/h4-11,18H,12-15H2,1-3H3,(H,23,27). The predicted octanol–water partition coefficient (Wildman–Crippen LogP) is 2.18. The molecule has 0 aliphatic carbocycles. The fourth-order valence-corrected chi connectivity index (χ4v) is 5.91. The zero-order valence-electron chi connectivity index (χ0n) is 18.7. The molecule has 1 fully saturated rings. The number of benzene rings is 2. The SMILES string of the molecule is CC(=O)c1ccc(S(=O)(=O)N2CCC(C(=O)Nc3ccc(S(=O)(=O)N(C)C)cc3)CC2)cc1. The van der Waals surface area contributed by atoms with Crippen molar-refractivity contribution in [2.45, 2.75) is 29.6 Å².